The van der Waals surface area contributed by atoms with Crippen LogP contribution >= 0.6 is 0 Å². The average Bonchev–Trinajstić information content (AvgIpc) is 3.40. The number of rotatable bonds is 14. The van der Waals surface area contributed by atoms with E-state index >= 15 is 0 Å². The van der Waals surface area contributed by atoms with Crippen LogP contribution in [0.15, 0.2) is 54.6 Å². The van der Waals surface area contributed by atoms with Gasteiger partial charge in [0.05, 0.1) is 6.04 Å². The van der Waals surface area contributed by atoms with Crippen LogP contribution < -0.4 is 15.4 Å². The number of hydrogen-bond donors (Lipinski definition) is 2. The molecule has 2 N–H and O–H groups in total. The molecule has 7 nitrogen and oxygen atoms in total. The number of likely N-dealkylation sites (N-methyl/N-ethyl adjacent to an activating group) is 1. The number of likely N-dealkylation sites (tertiary alicyclic amines) is 1. The lowest BCUT2D eigenvalue weighted by molar-refractivity contribution is -0.131. The van der Waals surface area contributed by atoms with Crippen LogP contribution in [0.3, 0.4) is 0 Å². The van der Waals surface area contributed by atoms with Crippen molar-refractivity contribution in [3.63, 3.8) is 0 Å². The third-order valence-electron chi connectivity index (χ3n) is 6.79. The first-order valence-electron chi connectivity index (χ1n) is 13.5. The molecule has 0 aliphatic carbocycles. The zero-order chi connectivity index (χ0) is 26.6. The molecule has 202 valence electrons. The Kier molecular flexibility index (Phi) is 11.4. The van der Waals surface area contributed by atoms with E-state index in [-0.39, 0.29) is 17.9 Å². The fourth-order valence-electron chi connectivity index (χ4n) is 4.64. The van der Waals surface area contributed by atoms with E-state index < -0.39 is 6.04 Å². The molecule has 3 rings (SSSR count). The maximum atomic E-state index is 13.2. The highest BCUT2D eigenvalue weighted by molar-refractivity contribution is 5.90. The van der Waals surface area contributed by atoms with Crippen LogP contribution in [-0.2, 0) is 22.6 Å². The van der Waals surface area contributed by atoms with Gasteiger partial charge in [-0.15, -0.1) is 0 Å². The second-order valence-corrected chi connectivity index (χ2v) is 10.6. The largest absolute Gasteiger partial charge is 0.489 e. The van der Waals surface area contributed by atoms with Gasteiger partial charge in [-0.1, -0.05) is 56.3 Å². The number of hydrogen-bond acceptors (Lipinski definition) is 5. The van der Waals surface area contributed by atoms with Crippen LogP contribution in [0.25, 0.3) is 0 Å². The highest BCUT2D eigenvalue weighted by Gasteiger charge is 2.27. The molecular formula is C30H44N4O3. The van der Waals surface area contributed by atoms with Crippen LogP contribution in [0.4, 0.5) is 0 Å². The summed E-state index contributed by atoms with van der Waals surface area (Å²) >= 11 is 0. The van der Waals surface area contributed by atoms with Gasteiger partial charge in [0.2, 0.25) is 11.8 Å². The van der Waals surface area contributed by atoms with Gasteiger partial charge < -0.3 is 20.3 Å². The van der Waals surface area contributed by atoms with E-state index in [1.165, 1.54) is 12.8 Å². The number of nitrogens with zero attached hydrogens (tertiary/aromatic N) is 2. The van der Waals surface area contributed by atoms with Crippen molar-refractivity contribution in [3.8, 4) is 5.75 Å². The third-order valence-corrected chi connectivity index (χ3v) is 6.79. The fourth-order valence-corrected chi connectivity index (χ4v) is 4.64. The predicted octanol–water partition coefficient (Wildman–Crippen LogP) is 3.48. The monoisotopic (exact) mass is 508 g/mol. The molecule has 2 aromatic carbocycles. The van der Waals surface area contributed by atoms with E-state index in [1.54, 1.807) is 0 Å². The Balaban J connectivity index is 1.63. The SMILES string of the molecule is CC(C)C[C@@H](C(=O)N[C@@H](Cc1ccc(OCc2ccccc2)cc1)C(=O)NCCN1CCCC1)N(C)C. The maximum Gasteiger partial charge on any atom is 0.242 e. The topological polar surface area (TPSA) is 73.9 Å². The highest BCUT2D eigenvalue weighted by Crippen LogP contribution is 2.16. The Hall–Kier alpha value is -2.90. The number of ether oxygens (including phenoxy) is 1. The van der Waals surface area contributed by atoms with E-state index in [9.17, 15) is 9.59 Å². The highest BCUT2D eigenvalue weighted by atomic mass is 16.5. The van der Waals surface area contributed by atoms with E-state index in [4.69, 9.17) is 4.74 Å². The predicted molar refractivity (Wildman–Crippen MR) is 148 cm³/mol. The molecule has 1 saturated heterocycles. The van der Waals surface area contributed by atoms with Gasteiger partial charge in [0, 0.05) is 19.5 Å². The zero-order valence-corrected chi connectivity index (χ0v) is 22.9. The van der Waals surface area contributed by atoms with Gasteiger partial charge in [0.15, 0.2) is 0 Å². The molecule has 2 amide bonds. The molecule has 0 bridgehead atoms. The number of carbonyl (C=O) groups excluding carboxylic acids is 2. The minimum Gasteiger partial charge on any atom is -0.489 e. The van der Waals surface area contributed by atoms with E-state index in [1.807, 2.05) is 73.6 Å². The van der Waals surface area contributed by atoms with E-state index in [0.29, 0.717) is 25.5 Å². The number of carbonyl (C=O) groups is 2. The fraction of sp³-hybridized carbons (Fsp3) is 0.533. The van der Waals surface area contributed by atoms with Crippen molar-refractivity contribution in [2.75, 3.05) is 40.3 Å². The smallest absolute Gasteiger partial charge is 0.242 e. The lowest BCUT2D eigenvalue weighted by Crippen LogP contribution is -2.54. The molecule has 1 aliphatic rings. The molecular weight excluding hydrogens is 464 g/mol. The number of amides is 2. The van der Waals surface area contributed by atoms with Crippen LogP contribution in [0.5, 0.6) is 5.75 Å². The summed E-state index contributed by atoms with van der Waals surface area (Å²) in [4.78, 5) is 30.7. The summed E-state index contributed by atoms with van der Waals surface area (Å²) in [7, 11) is 3.82. The minimum absolute atomic E-state index is 0.110. The summed E-state index contributed by atoms with van der Waals surface area (Å²) in [5.74, 6) is 0.891. The normalized spacial score (nSPS) is 15.5. The summed E-state index contributed by atoms with van der Waals surface area (Å²) < 4.78 is 5.90. The van der Waals surface area contributed by atoms with Crippen LogP contribution in [0.2, 0.25) is 0 Å². The zero-order valence-electron chi connectivity index (χ0n) is 22.9. The first-order valence-corrected chi connectivity index (χ1v) is 13.5. The Morgan fingerprint density at radius 3 is 2.24 bits per heavy atom. The van der Waals surface area contributed by atoms with Crippen molar-refractivity contribution in [2.45, 2.75) is 58.2 Å². The molecule has 0 aromatic heterocycles. The average molecular weight is 509 g/mol. The van der Waals surface area contributed by atoms with Crippen molar-refractivity contribution in [1.29, 1.82) is 0 Å². The quantitative estimate of drug-likeness (QED) is 0.409. The lowest BCUT2D eigenvalue weighted by Gasteiger charge is -2.28. The van der Waals surface area contributed by atoms with E-state index in [2.05, 4.69) is 29.4 Å². The molecule has 2 aromatic rings. The van der Waals surface area contributed by atoms with Crippen molar-refractivity contribution < 1.29 is 14.3 Å². The Morgan fingerprint density at radius 1 is 0.946 bits per heavy atom. The molecule has 0 spiro atoms. The second kappa shape index (κ2) is 14.7. The summed E-state index contributed by atoms with van der Waals surface area (Å²) in [6.07, 6.45) is 3.59. The van der Waals surface area contributed by atoms with Gasteiger partial charge in [-0.3, -0.25) is 14.5 Å². The standard InChI is InChI=1S/C30H44N4O3/c1-23(2)20-28(33(3)4)30(36)32-27(29(35)31-16-19-34-17-8-9-18-34)21-24-12-14-26(15-13-24)37-22-25-10-6-5-7-11-25/h5-7,10-15,23,27-28H,8-9,16-22H2,1-4H3,(H,31,35)(H,32,36)/t27-,28-/m0/s1. The van der Waals surface area contributed by atoms with Gasteiger partial charge in [0.25, 0.3) is 0 Å². The summed E-state index contributed by atoms with van der Waals surface area (Å²) in [5, 5.41) is 6.11. The van der Waals surface area contributed by atoms with Gasteiger partial charge in [-0.25, -0.2) is 0 Å². The molecule has 1 fully saturated rings. The molecule has 2 atom stereocenters. The van der Waals surface area contributed by atoms with E-state index in [0.717, 1.165) is 42.9 Å². The Morgan fingerprint density at radius 2 is 1.62 bits per heavy atom. The molecule has 0 radical (unpaired) electrons. The number of benzene rings is 2. The molecule has 0 saturated carbocycles. The minimum atomic E-state index is -0.642. The van der Waals surface area contributed by atoms with Gasteiger partial charge in [-0.05, 0) is 75.6 Å². The first kappa shape index (κ1) is 28.7. The Bertz CT molecular complexity index is 957. The van der Waals surface area contributed by atoms with Gasteiger partial charge in [-0.2, -0.15) is 0 Å². The lowest BCUT2D eigenvalue weighted by atomic mass is 10.0. The summed E-state index contributed by atoms with van der Waals surface area (Å²) in [6.45, 7) is 8.32. The first-order chi connectivity index (χ1) is 17.8. The van der Waals surface area contributed by atoms with Gasteiger partial charge in [0.1, 0.15) is 18.4 Å². The molecule has 0 unspecified atom stereocenters. The van der Waals surface area contributed by atoms with Crippen molar-refractivity contribution >= 4 is 11.8 Å². The maximum absolute atomic E-state index is 13.2. The van der Waals surface area contributed by atoms with Crippen molar-refractivity contribution in [3.05, 3.63) is 65.7 Å². The molecule has 1 heterocycles. The van der Waals surface area contributed by atoms with Crippen molar-refractivity contribution in [1.82, 2.24) is 20.4 Å². The van der Waals surface area contributed by atoms with Crippen LogP contribution in [-0.4, -0.2) is 74.0 Å². The third kappa shape index (κ3) is 9.82. The van der Waals surface area contributed by atoms with Crippen LogP contribution in [0.1, 0.15) is 44.2 Å². The Labute approximate surface area is 222 Å². The molecule has 1 aliphatic heterocycles. The van der Waals surface area contributed by atoms with Crippen molar-refractivity contribution in [2.24, 2.45) is 5.92 Å². The van der Waals surface area contributed by atoms with Gasteiger partial charge >= 0.3 is 0 Å². The second-order valence-electron chi connectivity index (χ2n) is 10.6. The summed E-state index contributed by atoms with van der Waals surface area (Å²) in [6, 6.07) is 16.9. The molecule has 7 heteroatoms. The number of nitrogens with one attached hydrogen (secondary N) is 2. The summed E-state index contributed by atoms with van der Waals surface area (Å²) in [5.41, 5.74) is 2.08. The van der Waals surface area contributed by atoms with Crippen LogP contribution in [0, 0.1) is 5.92 Å². The molecule has 37 heavy (non-hydrogen) atoms.